The van der Waals surface area contributed by atoms with Crippen molar-refractivity contribution in [1.29, 1.82) is 0 Å². The fourth-order valence-electron chi connectivity index (χ4n) is 1.87. The quantitative estimate of drug-likeness (QED) is 0.786. The van der Waals surface area contributed by atoms with E-state index >= 15 is 0 Å². The molecule has 0 radical (unpaired) electrons. The number of furan rings is 1. The van der Waals surface area contributed by atoms with E-state index in [2.05, 4.69) is 6.92 Å². The number of hydrogen-bond acceptors (Lipinski definition) is 3. The van der Waals surface area contributed by atoms with Crippen LogP contribution >= 0.6 is 0 Å². The van der Waals surface area contributed by atoms with Crippen LogP contribution in [0.1, 0.15) is 37.4 Å². The molecule has 1 aliphatic rings. The molecule has 2 atom stereocenters. The van der Waals surface area contributed by atoms with Gasteiger partial charge in [0.05, 0.1) is 5.60 Å². The van der Waals surface area contributed by atoms with Gasteiger partial charge in [0.25, 0.3) is 0 Å². The molecule has 0 spiro atoms. The number of aryl methyl sites for hydroxylation is 1. The minimum atomic E-state index is -0.161. The average Bonchev–Trinajstić information content (AvgIpc) is 2.73. The maximum atomic E-state index is 5.88. The topological polar surface area (TPSA) is 48.4 Å². The van der Waals surface area contributed by atoms with E-state index in [4.69, 9.17) is 14.9 Å². The molecule has 0 bridgehead atoms. The van der Waals surface area contributed by atoms with Crippen molar-refractivity contribution in [2.75, 3.05) is 6.54 Å². The van der Waals surface area contributed by atoms with Crippen LogP contribution in [0, 0.1) is 6.92 Å². The van der Waals surface area contributed by atoms with Crippen LogP contribution in [-0.2, 0) is 4.74 Å². The van der Waals surface area contributed by atoms with Gasteiger partial charge in [-0.05, 0) is 38.8 Å². The Bertz CT molecular complexity index is 321. The molecule has 0 aromatic carbocycles. The third-order valence-corrected chi connectivity index (χ3v) is 2.87. The molecule has 1 saturated heterocycles. The van der Waals surface area contributed by atoms with E-state index in [-0.39, 0.29) is 11.7 Å². The molecule has 3 nitrogen and oxygen atoms in total. The number of ether oxygens (including phenoxy) is 1. The summed E-state index contributed by atoms with van der Waals surface area (Å²) in [5, 5.41) is 0. The highest BCUT2D eigenvalue weighted by atomic mass is 16.5. The van der Waals surface area contributed by atoms with E-state index in [0.717, 1.165) is 24.4 Å². The normalized spacial score (nSPS) is 32.4. The molecule has 0 aliphatic carbocycles. The first-order valence-electron chi connectivity index (χ1n) is 5.07. The molecule has 1 aromatic rings. The monoisotopic (exact) mass is 195 g/mol. The molecular formula is C11H17NO2. The van der Waals surface area contributed by atoms with Gasteiger partial charge in [-0.2, -0.15) is 0 Å². The SMILES string of the molecule is Cc1ccc(C2CCC(C)(CN)O2)o1. The molecule has 2 unspecified atom stereocenters. The van der Waals surface area contributed by atoms with Crippen LogP contribution in [0.5, 0.6) is 0 Å². The maximum Gasteiger partial charge on any atom is 0.132 e. The van der Waals surface area contributed by atoms with Gasteiger partial charge in [0.1, 0.15) is 17.6 Å². The zero-order valence-corrected chi connectivity index (χ0v) is 8.75. The van der Waals surface area contributed by atoms with Crippen LogP contribution in [0.25, 0.3) is 0 Å². The largest absolute Gasteiger partial charge is 0.464 e. The molecule has 14 heavy (non-hydrogen) atoms. The lowest BCUT2D eigenvalue weighted by molar-refractivity contribution is -0.0314. The van der Waals surface area contributed by atoms with Crippen molar-refractivity contribution >= 4 is 0 Å². The highest BCUT2D eigenvalue weighted by Gasteiger charge is 2.36. The molecule has 78 valence electrons. The Morgan fingerprint density at radius 2 is 2.36 bits per heavy atom. The smallest absolute Gasteiger partial charge is 0.132 e. The first kappa shape index (κ1) is 9.74. The molecule has 1 aliphatic heterocycles. The molecule has 0 amide bonds. The average molecular weight is 195 g/mol. The highest BCUT2D eigenvalue weighted by Crippen LogP contribution is 2.39. The summed E-state index contributed by atoms with van der Waals surface area (Å²) < 4.78 is 11.4. The van der Waals surface area contributed by atoms with Crippen molar-refractivity contribution in [3.8, 4) is 0 Å². The molecule has 1 fully saturated rings. The number of hydrogen-bond donors (Lipinski definition) is 1. The van der Waals surface area contributed by atoms with Crippen molar-refractivity contribution in [2.45, 2.75) is 38.4 Å². The van der Waals surface area contributed by atoms with Gasteiger partial charge in [0.2, 0.25) is 0 Å². The second kappa shape index (κ2) is 3.41. The summed E-state index contributed by atoms with van der Waals surface area (Å²) in [5.74, 6) is 1.87. The molecule has 0 saturated carbocycles. The second-order valence-corrected chi connectivity index (χ2v) is 4.25. The minimum Gasteiger partial charge on any atom is -0.464 e. The van der Waals surface area contributed by atoms with Gasteiger partial charge in [-0.1, -0.05) is 0 Å². The van der Waals surface area contributed by atoms with Crippen LogP contribution in [0.3, 0.4) is 0 Å². The van der Waals surface area contributed by atoms with Crippen LogP contribution in [0.15, 0.2) is 16.5 Å². The minimum absolute atomic E-state index is 0.0947. The molecule has 2 heterocycles. The van der Waals surface area contributed by atoms with E-state index < -0.39 is 0 Å². The van der Waals surface area contributed by atoms with E-state index in [0.29, 0.717) is 6.54 Å². The summed E-state index contributed by atoms with van der Waals surface area (Å²) in [6, 6.07) is 3.96. The van der Waals surface area contributed by atoms with E-state index in [1.807, 2.05) is 19.1 Å². The van der Waals surface area contributed by atoms with Crippen LogP contribution in [0.2, 0.25) is 0 Å². The summed E-state index contributed by atoms with van der Waals surface area (Å²) in [6.45, 7) is 4.58. The lowest BCUT2D eigenvalue weighted by Gasteiger charge is -2.21. The third-order valence-electron chi connectivity index (χ3n) is 2.87. The summed E-state index contributed by atoms with van der Waals surface area (Å²) in [6.07, 6.45) is 2.10. The third kappa shape index (κ3) is 1.70. The van der Waals surface area contributed by atoms with Crippen LogP contribution in [0.4, 0.5) is 0 Å². The Labute approximate surface area is 84.2 Å². The molecule has 1 aromatic heterocycles. The lowest BCUT2D eigenvalue weighted by atomic mass is 10.0. The fraction of sp³-hybridized carbons (Fsp3) is 0.636. The van der Waals surface area contributed by atoms with Gasteiger partial charge < -0.3 is 14.9 Å². The Balaban J connectivity index is 2.09. The van der Waals surface area contributed by atoms with E-state index in [1.54, 1.807) is 0 Å². The zero-order valence-electron chi connectivity index (χ0n) is 8.75. The van der Waals surface area contributed by atoms with Crippen molar-refractivity contribution in [3.63, 3.8) is 0 Å². The van der Waals surface area contributed by atoms with Gasteiger partial charge in [-0.25, -0.2) is 0 Å². The highest BCUT2D eigenvalue weighted by molar-refractivity contribution is 5.10. The van der Waals surface area contributed by atoms with Crippen LogP contribution in [-0.4, -0.2) is 12.1 Å². The van der Waals surface area contributed by atoms with Crippen molar-refractivity contribution in [1.82, 2.24) is 0 Å². The number of rotatable bonds is 2. The van der Waals surface area contributed by atoms with E-state index in [9.17, 15) is 0 Å². The summed E-state index contributed by atoms with van der Waals surface area (Å²) in [4.78, 5) is 0. The second-order valence-electron chi connectivity index (χ2n) is 4.25. The van der Waals surface area contributed by atoms with E-state index in [1.165, 1.54) is 0 Å². The van der Waals surface area contributed by atoms with Gasteiger partial charge >= 0.3 is 0 Å². The number of nitrogens with two attached hydrogens (primary N) is 1. The predicted molar refractivity (Wildman–Crippen MR) is 54.0 cm³/mol. The maximum absolute atomic E-state index is 5.88. The zero-order chi connectivity index (χ0) is 10.2. The predicted octanol–water partition coefficient (Wildman–Crippen LogP) is 2.16. The Morgan fingerprint density at radius 3 is 2.86 bits per heavy atom. The van der Waals surface area contributed by atoms with Gasteiger partial charge in [-0.3, -0.25) is 0 Å². The van der Waals surface area contributed by atoms with Crippen molar-refractivity contribution in [2.24, 2.45) is 5.73 Å². The van der Waals surface area contributed by atoms with Gasteiger partial charge in [0.15, 0.2) is 0 Å². The molecule has 2 rings (SSSR count). The molecule has 2 N–H and O–H groups in total. The van der Waals surface area contributed by atoms with Crippen molar-refractivity contribution < 1.29 is 9.15 Å². The molecule has 3 heteroatoms. The Morgan fingerprint density at radius 1 is 1.57 bits per heavy atom. The summed E-state index contributed by atoms with van der Waals surface area (Å²) in [5.41, 5.74) is 5.50. The summed E-state index contributed by atoms with van der Waals surface area (Å²) >= 11 is 0. The van der Waals surface area contributed by atoms with Crippen LogP contribution < -0.4 is 5.73 Å². The standard InChI is InChI=1S/C11H17NO2/c1-8-3-4-9(13-8)10-5-6-11(2,7-12)14-10/h3-4,10H,5-7,12H2,1-2H3. The van der Waals surface area contributed by atoms with Gasteiger partial charge in [-0.15, -0.1) is 0 Å². The van der Waals surface area contributed by atoms with Crippen molar-refractivity contribution in [3.05, 3.63) is 23.7 Å². The fourth-order valence-corrected chi connectivity index (χ4v) is 1.87. The lowest BCUT2D eigenvalue weighted by Crippen LogP contribution is -2.33. The summed E-state index contributed by atoms with van der Waals surface area (Å²) in [7, 11) is 0. The Kier molecular flexibility index (Phi) is 2.37. The van der Waals surface area contributed by atoms with Gasteiger partial charge in [0, 0.05) is 6.54 Å². The first-order chi connectivity index (χ1) is 6.63. The first-order valence-corrected chi connectivity index (χ1v) is 5.07. The molecular weight excluding hydrogens is 178 g/mol. The Hall–Kier alpha value is -0.800.